The largest absolute Gasteiger partial charge is 0.363 e. The highest BCUT2D eigenvalue weighted by molar-refractivity contribution is 6.01. The molecule has 0 fully saturated rings. The van der Waals surface area contributed by atoms with Crippen LogP contribution in [0.1, 0.15) is 24.2 Å². The van der Waals surface area contributed by atoms with Crippen molar-refractivity contribution in [1.29, 1.82) is 0 Å². The molecule has 1 aromatic heterocycles. The van der Waals surface area contributed by atoms with E-state index in [1.807, 2.05) is 32.8 Å². The van der Waals surface area contributed by atoms with Crippen LogP contribution in [-0.2, 0) is 4.79 Å². The number of benzene rings is 1. The quantitative estimate of drug-likeness (QED) is 0.833. The summed E-state index contributed by atoms with van der Waals surface area (Å²) in [6, 6.07) is 7.97. The summed E-state index contributed by atoms with van der Waals surface area (Å²) < 4.78 is 13.0. The van der Waals surface area contributed by atoms with E-state index in [1.54, 1.807) is 18.3 Å². The third-order valence-electron chi connectivity index (χ3n) is 3.82. The van der Waals surface area contributed by atoms with Crippen molar-refractivity contribution in [2.45, 2.75) is 19.9 Å². The molecule has 26 heavy (non-hydrogen) atoms. The summed E-state index contributed by atoms with van der Waals surface area (Å²) in [6.07, 6.45) is 1.56. The first kappa shape index (κ1) is 19.4. The molecule has 1 aromatic carbocycles. The van der Waals surface area contributed by atoms with Gasteiger partial charge in [-0.05, 0) is 42.3 Å². The van der Waals surface area contributed by atoms with E-state index in [0.29, 0.717) is 11.3 Å². The molecule has 0 aliphatic rings. The van der Waals surface area contributed by atoms with Gasteiger partial charge in [0.15, 0.2) is 0 Å². The maximum Gasteiger partial charge on any atom is 0.251 e. The molecule has 7 heteroatoms. The van der Waals surface area contributed by atoms with E-state index < -0.39 is 17.8 Å². The van der Waals surface area contributed by atoms with Crippen molar-refractivity contribution in [3.63, 3.8) is 0 Å². The molecule has 0 saturated carbocycles. The number of anilines is 2. The van der Waals surface area contributed by atoms with Gasteiger partial charge in [-0.2, -0.15) is 0 Å². The molecule has 0 bridgehead atoms. The molecule has 138 valence electrons. The molecular formula is C19H23FN4O2. The van der Waals surface area contributed by atoms with E-state index in [4.69, 9.17) is 0 Å². The Morgan fingerprint density at radius 1 is 1.08 bits per heavy atom. The Morgan fingerprint density at radius 2 is 1.73 bits per heavy atom. The lowest BCUT2D eigenvalue weighted by Crippen LogP contribution is -2.47. The van der Waals surface area contributed by atoms with Gasteiger partial charge >= 0.3 is 0 Å². The molecule has 1 atom stereocenters. The second-order valence-electron chi connectivity index (χ2n) is 6.49. The van der Waals surface area contributed by atoms with Crippen LogP contribution >= 0.6 is 0 Å². The van der Waals surface area contributed by atoms with E-state index in [1.165, 1.54) is 24.3 Å². The Balaban J connectivity index is 2.07. The number of nitrogens with zero attached hydrogens (tertiary/aromatic N) is 2. The fourth-order valence-electron chi connectivity index (χ4n) is 2.31. The van der Waals surface area contributed by atoms with E-state index in [0.717, 1.165) is 5.82 Å². The van der Waals surface area contributed by atoms with Gasteiger partial charge in [-0.15, -0.1) is 0 Å². The van der Waals surface area contributed by atoms with Gasteiger partial charge < -0.3 is 15.5 Å². The molecule has 0 radical (unpaired) electrons. The molecule has 2 N–H and O–H groups in total. The van der Waals surface area contributed by atoms with Gasteiger partial charge in [-0.3, -0.25) is 9.59 Å². The zero-order chi connectivity index (χ0) is 19.3. The SMILES string of the molecule is CC(C)[C@H](NC(=O)c1ccc(F)cc1)C(=O)Nc1ccc(N(C)C)nc1. The lowest BCUT2D eigenvalue weighted by atomic mass is 10.0. The summed E-state index contributed by atoms with van der Waals surface area (Å²) in [5, 5.41) is 5.46. The van der Waals surface area contributed by atoms with Gasteiger partial charge in [0.05, 0.1) is 11.9 Å². The van der Waals surface area contributed by atoms with Gasteiger partial charge in [-0.25, -0.2) is 9.37 Å². The molecule has 2 rings (SSSR count). The summed E-state index contributed by atoms with van der Waals surface area (Å²) in [5.74, 6) is -0.551. The summed E-state index contributed by atoms with van der Waals surface area (Å²) in [6.45, 7) is 3.67. The Kier molecular flexibility index (Phi) is 6.27. The minimum absolute atomic E-state index is 0.131. The minimum atomic E-state index is -0.735. The normalized spacial score (nSPS) is 11.8. The number of carbonyl (C=O) groups excluding carboxylic acids is 2. The van der Waals surface area contributed by atoms with Gasteiger partial charge in [0.25, 0.3) is 5.91 Å². The summed E-state index contributed by atoms with van der Waals surface area (Å²) in [7, 11) is 3.75. The van der Waals surface area contributed by atoms with Gasteiger partial charge in [-0.1, -0.05) is 13.8 Å². The number of aromatic nitrogens is 1. The van der Waals surface area contributed by atoms with Crippen LogP contribution in [0.5, 0.6) is 0 Å². The van der Waals surface area contributed by atoms with Crippen LogP contribution in [0.4, 0.5) is 15.9 Å². The van der Waals surface area contributed by atoms with Crippen molar-refractivity contribution in [1.82, 2.24) is 10.3 Å². The van der Waals surface area contributed by atoms with E-state index in [-0.39, 0.29) is 11.8 Å². The molecule has 0 aliphatic heterocycles. The highest BCUT2D eigenvalue weighted by atomic mass is 19.1. The molecule has 0 saturated heterocycles. The van der Waals surface area contributed by atoms with E-state index in [2.05, 4.69) is 15.6 Å². The van der Waals surface area contributed by atoms with Crippen LogP contribution in [0.15, 0.2) is 42.6 Å². The Bertz CT molecular complexity index is 758. The van der Waals surface area contributed by atoms with Crippen molar-refractivity contribution in [2.75, 3.05) is 24.3 Å². The first-order chi connectivity index (χ1) is 12.3. The number of carbonyl (C=O) groups is 2. The van der Waals surface area contributed by atoms with Crippen molar-refractivity contribution in [3.8, 4) is 0 Å². The predicted molar refractivity (Wildman–Crippen MR) is 99.7 cm³/mol. The van der Waals surface area contributed by atoms with E-state index >= 15 is 0 Å². The average Bonchev–Trinajstić information content (AvgIpc) is 2.60. The third kappa shape index (κ3) is 5.02. The van der Waals surface area contributed by atoms with Crippen molar-refractivity contribution in [3.05, 3.63) is 54.0 Å². The number of amides is 2. The second-order valence-corrected chi connectivity index (χ2v) is 6.49. The van der Waals surface area contributed by atoms with Crippen molar-refractivity contribution >= 4 is 23.3 Å². The first-order valence-electron chi connectivity index (χ1n) is 8.28. The highest BCUT2D eigenvalue weighted by Gasteiger charge is 2.25. The first-order valence-corrected chi connectivity index (χ1v) is 8.28. The van der Waals surface area contributed by atoms with E-state index in [9.17, 15) is 14.0 Å². The smallest absolute Gasteiger partial charge is 0.251 e. The topological polar surface area (TPSA) is 74.3 Å². The predicted octanol–water partition coefficient (Wildman–Crippen LogP) is 2.68. The van der Waals surface area contributed by atoms with Crippen molar-refractivity contribution in [2.24, 2.45) is 5.92 Å². The van der Waals surface area contributed by atoms with Crippen LogP contribution < -0.4 is 15.5 Å². The lowest BCUT2D eigenvalue weighted by molar-refractivity contribution is -0.118. The fraction of sp³-hybridized carbons (Fsp3) is 0.316. The summed E-state index contributed by atoms with van der Waals surface area (Å²) in [4.78, 5) is 31.0. The van der Waals surface area contributed by atoms with Crippen LogP contribution in [0.2, 0.25) is 0 Å². The maximum atomic E-state index is 13.0. The molecule has 2 aromatic rings. The Hall–Kier alpha value is -2.96. The van der Waals surface area contributed by atoms with Crippen molar-refractivity contribution < 1.29 is 14.0 Å². The number of hydrogen-bond donors (Lipinski definition) is 2. The number of hydrogen-bond acceptors (Lipinski definition) is 4. The molecule has 1 heterocycles. The number of halogens is 1. The van der Waals surface area contributed by atoms with Gasteiger partial charge in [0, 0.05) is 19.7 Å². The minimum Gasteiger partial charge on any atom is -0.363 e. The Morgan fingerprint density at radius 3 is 2.23 bits per heavy atom. The molecule has 2 amide bonds. The second kappa shape index (κ2) is 8.42. The molecule has 0 unspecified atom stereocenters. The monoisotopic (exact) mass is 358 g/mol. The third-order valence-corrected chi connectivity index (χ3v) is 3.82. The molecular weight excluding hydrogens is 335 g/mol. The number of rotatable bonds is 6. The zero-order valence-corrected chi connectivity index (χ0v) is 15.3. The Labute approximate surface area is 152 Å². The summed E-state index contributed by atoms with van der Waals surface area (Å²) >= 11 is 0. The van der Waals surface area contributed by atoms with Gasteiger partial charge in [0.1, 0.15) is 17.7 Å². The van der Waals surface area contributed by atoms with Crippen LogP contribution in [0.25, 0.3) is 0 Å². The summed E-state index contributed by atoms with van der Waals surface area (Å²) in [5.41, 5.74) is 0.837. The highest BCUT2D eigenvalue weighted by Crippen LogP contribution is 2.14. The fourth-order valence-corrected chi connectivity index (χ4v) is 2.31. The van der Waals surface area contributed by atoms with Crippen LogP contribution in [0, 0.1) is 11.7 Å². The van der Waals surface area contributed by atoms with Gasteiger partial charge in [0.2, 0.25) is 5.91 Å². The molecule has 0 spiro atoms. The maximum absolute atomic E-state index is 13.0. The standard InChI is InChI=1S/C19H23FN4O2/c1-12(2)17(23-18(25)13-5-7-14(20)8-6-13)19(26)22-15-9-10-16(21-11-15)24(3)4/h5-12,17H,1-4H3,(H,22,26)(H,23,25)/t17-/m0/s1. The van der Waals surface area contributed by atoms with Crippen LogP contribution in [0.3, 0.4) is 0 Å². The molecule has 6 nitrogen and oxygen atoms in total. The molecule has 0 aliphatic carbocycles. The van der Waals surface area contributed by atoms with Crippen LogP contribution in [-0.4, -0.2) is 36.9 Å². The number of nitrogens with one attached hydrogen (secondary N) is 2. The zero-order valence-electron chi connectivity index (χ0n) is 15.3. The number of pyridine rings is 1. The lowest BCUT2D eigenvalue weighted by Gasteiger charge is -2.22. The average molecular weight is 358 g/mol.